The molecule has 0 amide bonds. The topological polar surface area (TPSA) is 107 Å². The van der Waals surface area contributed by atoms with Crippen molar-refractivity contribution >= 4 is 16.0 Å². The van der Waals surface area contributed by atoms with Gasteiger partial charge in [0.25, 0.3) is 0 Å². The van der Waals surface area contributed by atoms with E-state index in [-0.39, 0.29) is 17.0 Å². The Morgan fingerprint density at radius 2 is 1.57 bits per heavy atom. The van der Waals surface area contributed by atoms with Gasteiger partial charge in [-0.1, -0.05) is 36.4 Å². The Morgan fingerprint density at radius 1 is 0.964 bits per heavy atom. The van der Waals surface area contributed by atoms with Crippen LogP contribution in [0.25, 0.3) is 11.1 Å². The van der Waals surface area contributed by atoms with E-state index >= 15 is 0 Å². The van der Waals surface area contributed by atoms with E-state index in [1.54, 1.807) is 48.5 Å². The number of rotatable bonds is 6. The molecule has 0 aliphatic heterocycles. The highest BCUT2D eigenvalue weighted by molar-refractivity contribution is 7.89. The van der Waals surface area contributed by atoms with Crippen LogP contribution in [0, 0.1) is 11.3 Å². The van der Waals surface area contributed by atoms with Crippen LogP contribution in [0.15, 0.2) is 77.7 Å². The molecule has 0 aliphatic rings. The summed E-state index contributed by atoms with van der Waals surface area (Å²) in [5.41, 5.74) is 2.92. The van der Waals surface area contributed by atoms with Gasteiger partial charge in [0, 0.05) is 6.54 Å². The lowest BCUT2D eigenvalue weighted by Gasteiger charge is -2.09. The third kappa shape index (κ3) is 4.43. The Hall–Kier alpha value is -3.47. The Bertz CT molecular complexity index is 1150. The number of carboxylic acids is 1. The molecule has 0 saturated heterocycles. The van der Waals surface area contributed by atoms with E-state index in [0.717, 1.165) is 11.1 Å². The van der Waals surface area contributed by atoms with Crippen LogP contribution < -0.4 is 4.72 Å². The monoisotopic (exact) mass is 392 g/mol. The Labute approximate surface area is 162 Å². The van der Waals surface area contributed by atoms with Crippen molar-refractivity contribution in [2.24, 2.45) is 0 Å². The van der Waals surface area contributed by atoms with Crippen LogP contribution >= 0.6 is 0 Å². The lowest BCUT2D eigenvalue weighted by molar-refractivity contribution is 0.0696. The molecule has 3 aromatic carbocycles. The van der Waals surface area contributed by atoms with Gasteiger partial charge in [0.05, 0.1) is 22.1 Å². The van der Waals surface area contributed by atoms with Gasteiger partial charge >= 0.3 is 5.97 Å². The van der Waals surface area contributed by atoms with Gasteiger partial charge in [0.1, 0.15) is 0 Å². The second-order valence-electron chi connectivity index (χ2n) is 6.04. The summed E-state index contributed by atoms with van der Waals surface area (Å²) in [6, 6.07) is 21.6. The predicted molar refractivity (Wildman–Crippen MR) is 104 cm³/mol. The molecule has 2 N–H and O–H groups in total. The Kier molecular flexibility index (Phi) is 5.54. The zero-order valence-corrected chi connectivity index (χ0v) is 15.5. The zero-order valence-electron chi connectivity index (χ0n) is 14.7. The van der Waals surface area contributed by atoms with Crippen molar-refractivity contribution in [1.82, 2.24) is 4.72 Å². The Balaban J connectivity index is 1.74. The van der Waals surface area contributed by atoms with E-state index in [1.165, 1.54) is 24.3 Å². The van der Waals surface area contributed by atoms with Gasteiger partial charge in [-0.3, -0.25) is 0 Å². The molecular formula is C21H16N2O4S. The molecule has 0 spiro atoms. The fourth-order valence-electron chi connectivity index (χ4n) is 2.64. The number of nitriles is 1. The first-order valence-electron chi connectivity index (χ1n) is 8.31. The summed E-state index contributed by atoms with van der Waals surface area (Å²) in [4.78, 5) is 11.1. The van der Waals surface area contributed by atoms with E-state index < -0.39 is 16.0 Å². The molecule has 3 aromatic rings. The maximum absolute atomic E-state index is 12.5. The summed E-state index contributed by atoms with van der Waals surface area (Å²) >= 11 is 0. The van der Waals surface area contributed by atoms with Crippen LogP contribution in [0.4, 0.5) is 0 Å². The third-order valence-corrected chi connectivity index (χ3v) is 5.57. The first-order chi connectivity index (χ1) is 13.4. The second-order valence-corrected chi connectivity index (χ2v) is 7.81. The van der Waals surface area contributed by atoms with Gasteiger partial charge in [0.15, 0.2) is 0 Å². The molecule has 0 aromatic heterocycles. The van der Waals surface area contributed by atoms with Crippen LogP contribution in [0.2, 0.25) is 0 Å². The maximum Gasteiger partial charge on any atom is 0.335 e. The van der Waals surface area contributed by atoms with Crippen LogP contribution in [0.1, 0.15) is 21.5 Å². The van der Waals surface area contributed by atoms with Crippen LogP contribution in [-0.4, -0.2) is 19.5 Å². The van der Waals surface area contributed by atoms with E-state index in [0.29, 0.717) is 11.1 Å². The largest absolute Gasteiger partial charge is 0.478 e. The van der Waals surface area contributed by atoms with Gasteiger partial charge in [-0.25, -0.2) is 17.9 Å². The molecule has 3 rings (SSSR count). The molecule has 0 fully saturated rings. The molecule has 0 radical (unpaired) electrons. The number of sulfonamides is 1. The summed E-state index contributed by atoms with van der Waals surface area (Å²) in [5.74, 6) is -1.07. The fraction of sp³-hybridized carbons (Fsp3) is 0.0476. The average Bonchev–Trinajstić information content (AvgIpc) is 2.73. The van der Waals surface area contributed by atoms with Gasteiger partial charge in [-0.2, -0.15) is 5.26 Å². The number of hydrogen-bond donors (Lipinski definition) is 2. The molecular weight excluding hydrogens is 376 g/mol. The van der Waals surface area contributed by atoms with E-state index in [1.807, 2.05) is 0 Å². The SMILES string of the molecule is N#Cc1ccc(-c2ccc(S(=O)(=O)NCc3cccc(C(=O)O)c3)cc2)cc1. The molecule has 0 aliphatic carbocycles. The van der Waals surface area contributed by atoms with Crippen molar-refractivity contribution < 1.29 is 18.3 Å². The fourth-order valence-corrected chi connectivity index (χ4v) is 3.66. The van der Waals surface area contributed by atoms with Crippen molar-refractivity contribution in [2.45, 2.75) is 11.4 Å². The van der Waals surface area contributed by atoms with Crippen LogP contribution in [-0.2, 0) is 16.6 Å². The minimum Gasteiger partial charge on any atom is -0.478 e. The standard InChI is InChI=1S/C21H16N2O4S/c22-13-15-4-6-17(7-5-15)18-8-10-20(11-9-18)28(26,27)23-14-16-2-1-3-19(12-16)21(24)25/h1-12,23H,14H2,(H,24,25). The average molecular weight is 392 g/mol. The van der Waals surface area contributed by atoms with E-state index in [2.05, 4.69) is 10.8 Å². The molecule has 140 valence electrons. The normalized spacial score (nSPS) is 11.0. The highest BCUT2D eigenvalue weighted by Gasteiger charge is 2.14. The van der Waals surface area contributed by atoms with Gasteiger partial charge in [0.2, 0.25) is 10.0 Å². The lowest BCUT2D eigenvalue weighted by Crippen LogP contribution is -2.23. The summed E-state index contributed by atoms with van der Waals surface area (Å²) in [7, 11) is -3.74. The number of nitrogens with zero attached hydrogens (tertiary/aromatic N) is 1. The second kappa shape index (κ2) is 8.05. The van der Waals surface area contributed by atoms with Gasteiger partial charge in [-0.15, -0.1) is 0 Å². The highest BCUT2D eigenvalue weighted by Crippen LogP contribution is 2.22. The molecule has 0 atom stereocenters. The number of carbonyl (C=O) groups is 1. The molecule has 0 saturated carbocycles. The van der Waals surface area contributed by atoms with E-state index in [4.69, 9.17) is 10.4 Å². The smallest absolute Gasteiger partial charge is 0.335 e. The first kappa shape index (κ1) is 19.3. The zero-order chi connectivity index (χ0) is 20.1. The number of hydrogen-bond acceptors (Lipinski definition) is 4. The van der Waals surface area contributed by atoms with Crippen LogP contribution in [0.3, 0.4) is 0 Å². The van der Waals surface area contributed by atoms with Crippen molar-refractivity contribution in [2.75, 3.05) is 0 Å². The molecule has 0 heterocycles. The highest BCUT2D eigenvalue weighted by atomic mass is 32.2. The summed E-state index contributed by atoms with van der Waals surface area (Å²) in [6.07, 6.45) is 0. The third-order valence-electron chi connectivity index (χ3n) is 4.15. The molecule has 0 bridgehead atoms. The molecule has 0 unspecified atom stereocenters. The van der Waals surface area contributed by atoms with E-state index in [9.17, 15) is 13.2 Å². The van der Waals surface area contributed by atoms with Gasteiger partial charge < -0.3 is 5.11 Å². The minimum atomic E-state index is -3.74. The quantitative estimate of drug-likeness (QED) is 0.668. The summed E-state index contributed by atoms with van der Waals surface area (Å²) < 4.78 is 27.5. The summed E-state index contributed by atoms with van der Waals surface area (Å²) in [5, 5.41) is 17.9. The number of aromatic carboxylic acids is 1. The number of carboxylic acid groups (broad SMARTS) is 1. The first-order valence-corrected chi connectivity index (χ1v) is 9.80. The van der Waals surface area contributed by atoms with Gasteiger partial charge in [-0.05, 0) is 53.1 Å². The maximum atomic E-state index is 12.5. The summed E-state index contributed by atoms with van der Waals surface area (Å²) in [6.45, 7) is -0.0131. The minimum absolute atomic E-state index is 0.0131. The van der Waals surface area contributed by atoms with Crippen molar-refractivity contribution in [1.29, 1.82) is 5.26 Å². The molecule has 7 heteroatoms. The lowest BCUT2D eigenvalue weighted by atomic mass is 10.0. The molecule has 28 heavy (non-hydrogen) atoms. The Morgan fingerprint density at radius 3 is 2.14 bits per heavy atom. The number of benzene rings is 3. The predicted octanol–water partition coefficient (Wildman–Crippen LogP) is 3.40. The van der Waals surface area contributed by atoms with Crippen LogP contribution in [0.5, 0.6) is 0 Å². The van der Waals surface area contributed by atoms with Crippen molar-refractivity contribution in [3.8, 4) is 17.2 Å². The van der Waals surface area contributed by atoms with Crippen molar-refractivity contribution in [3.05, 3.63) is 89.5 Å². The van der Waals surface area contributed by atoms with Crippen molar-refractivity contribution in [3.63, 3.8) is 0 Å². The number of nitrogens with one attached hydrogen (secondary N) is 1. The molecule has 6 nitrogen and oxygen atoms in total.